The van der Waals surface area contributed by atoms with E-state index < -0.39 is 6.04 Å². The molecular weight excluding hydrogens is 232 g/mol. The maximum atomic E-state index is 12.0. The number of nitrogens with zero attached hydrogens (tertiary/aromatic N) is 1. The number of rotatable bonds is 5. The second-order valence-corrected chi connectivity index (χ2v) is 5.52. The first-order valence-corrected chi connectivity index (χ1v) is 6.48. The summed E-state index contributed by atoms with van der Waals surface area (Å²) in [5.74, 6) is -0.0385. The van der Waals surface area contributed by atoms with E-state index in [0.717, 1.165) is 0 Å². The van der Waals surface area contributed by atoms with Gasteiger partial charge in [-0.25, -0.2) is 0 Å². The summed E-state index contributed by atoms with van der Waals surface area (Å²) in [7, 11) is 1.80. The third kappa shape index (κ3) is 3.41. The van der Waals surface area contributed by atoms with Gasteiger partial charge in [0.25, 0.3) is 0 Å². The molecular formula is C13H20N2OS. The lowest BCUT2D eigenvalue weighted by atomic mass is 10.1. The molecule has 0 fully saturated rings. The van der Waals surface area contributed by atoms with Crippen LogP contribution in [-0.4, -0.2) is 23.9 Å². The van der Waals surface area contributed by atoms with Crippen molar-refractivity contribution in [3.8, 4) is 0 Å². The molecule has 2 N–H and O–H groups in total. The van der Waals surface area contributed by atoms with Crippen LogP contribution in [0.1, 0.15) is 29.1 Å². The predicted octanol–water partition coefficient (Wildman–Crippen LogP) is 2.48. The fraction of sp³-hybridized carbons (Fsp3) is 0.462. The van der Waals surface area contributed by atoms with Crippen molar-refractivity contribution in [1.29, 1.82) is 0 Å². The van der Waals surface area contributed by atoms with Gasteiger partial charge in [-0.3, -0.25) is 4.79 Å². The normalized spacial score (nSPS) is 14.1. The smallest absolute Gasteiger partial charge is 0.240 e. The maximum Gasteiger partial charge on any atom is 0.240 e. The zero-order valence-electron chi connectivity index (χ0n) is 10.6. The summed E-state index contributed by atoms with van der Waals surface area (Å²) in [6, 6.07) is 3.71. The van der Waals surface area contributed by atoms with Crippen molar-refractivity contribution in [2.75, 3.05) is 7.05 Å². The number of carbonyl (C=O) groups is 1. The van der Waals surface area contributed by atoms with Crippen molar-refractivity contribution < 1.29 is 4.79 Å². The monoisotopic (exact) mass is 252 g/mol. The number of hydrogen-bond donors (Lipinski definition) is 1. The van der Waals surface area contributed by atoms with Crippen LogP contribution < -0.4 is 5.73 Å². The van der Waals surface area contributed by atoms with Gasteiger partial charge in [0.15, 0.2) is 0 Å². The summed E-state index contributed by atoms with van der Waals surface area (Å²) in [5.41, 5.74) is 5.79. The Labute approximate surface area is 107 Å². The minimum absolute atomic E-state index is 0.0385. The second kappa shape index (κ2) is 5.98. The summed E-state index contributed by atoms with van der Waals surface area (Å²) in [6.07, 6.45) is 2.19. The highest BCUT2D eigenvalue weighted by Crippen LogP contribution is 2.26. The van der Waals surface area contributed by atoms with Crippen LogP contribution in [0.3, 0.4) is 0 Å². The van der Waals surface area contributed by atoms with E-state index in [-0.39, 0.29) is 11.9 Å². The highest BCUT2D eigenvalue weighted by atomic mass is 32.1. The summed E-state index contributed by atoms with van der Waals surface area (Å²) in [6.45, 7) is 7.68. The van der Waals surface area contributed by atoms with Crippen LogP contribution in [0.15, 0.2) is 24.8 Å². The zero-order chi connectivity index (χ0) is 13.0. The number of aryl methyl sites for hydroxylation is 1. The molecule has 0 saturated heterocycles. The highest BCUT2D eigenvalue weighted by molar-refractivity contribution is 7.12. The number of likely N-dealkylation sites (N-methyl/N-ethyl adjacent to an activating group) is 1. The van der Waals surface area contributed by atoms with Gasteiger partial charge in [0.1, 0.15) is 0 Å². The predicted molar refractivity (Wildman–Crippen MR) is 73.0 cm³/mol. The summed E-state index contributed by atoms with van der Waals surface area (Å²) < 4.78 is 0. The van der Waals surface area contributed by atoms with E-state index in [1.807, 2.05) is 6.92 Å². The van der Waals surface area contributed by atoms with Gasteiger partial charge in [0, 0.05) is 16.8 Å². The van der Waals surface area contributed by atoms with Gasteiger partial charge >= 0.3 is 0 Å². The molecule has 2 unspecified atom stereocenters. The van der Waals surface area contributed by atoms with Crippen LogP contribution >= 0.6 is 11.3 Å². The van der Waals surface area contributed by atoms with Gasteiger partial charge in [-0.05, 0) is 32.4 Å². The largest absolute Gasteiger partial charge is 0.337 e. The van der Waals surface area contributed by atoms with Crippen molar-refractivity contribution in [2.24, 2.45) is 5.73 Å². The Bertz CT molecular complexity index is 400. The standard InChI is InChI=1S/C13H20N2OS/c1-5-6-11(14)13(16)15(4)10(3)12-8-7-9(2)17-12/h5,7-8,10-11H,1,6,14H2,2-4H3. The van der Waals surface area contributed by atoms with Crippen molar-refractivity contribution in [3.63, 3.8) is 0 Å². The Morgan fingerprint density at radius 3 is 2.76 bits per heavy atom. The molecule has 4 heteroatoms. The third-order valence-electron chi connectivity index (χ3n) is 2.84. The Morgan fingerprint density at radius 1 is 1.65 bits per heavy atom. The van der Waals surface area contributed by atoms with Gasteiger partial charge in [0.05, 0.1) is 12.1 Å². The molecule has 0 bridgehead atoms. The molecule has 94 valence electrons. The first kappa shape index (κ1) is 13.9. The van der Waals surface area contributed by atoms with Crippen LogP contribution in [0.5, 0.6) is 0 Å². The third-order valence-corrected chi connectivity index (χ3v) is 4.01. The van der Waals surface area contributed by atoms with Crippen LogP contribution in [0.25, 0.3) is 0 Å². The molecule has 1 amide bonds. The first-order chi connectivity index (χ1) is 7.97. The number of amides is 1. The van der Waals surface area contributed by atoms with Crippen molar-refractivity contribution >= 4 is 17.2 Å². The molecule has 1 aromatic rings. The molecule has 17 heavy (non-hydrogen) atoms. The van der Waals surface area contributed by atoms with Gasteiger partial charge < -0.3 is 10.6 Å². The molecule has 0 aromatic carbocycles. The van der Waals surface area contributed by atoms with E-state index in [4.69, 9.17) is 5.73 Å². The topological polar surface area (TPSA) is 46.3 Å². The van der Waals surface area contributed by atoms with E-state index in [1.165, 1.54) is 9.75 Å². The van der Waals surface area contributed by atoms with E-state index in [1.54, 1.807) is 29.4 Å². The summed E-state index contributed by atoms with van der Waals surface area (Å²) in [5, 5.41) is 0. The van der Waals surface area contributed by atoms with E-state index in [0.29, 0.717) is 6.42 Å². The summed E-state index contributed by atoms with van der Waals surface area (Å²) >= 11 is 1.71. The summed E-state index contributed by atoms with van der Waals surface area (Å²) in [4.78, 5) is 16.2. The molecule has 1 heterocycles. The van der Waals surface area contributed by atoms with Crippen LogP contribution in [0.2, 0.25) is 0 Å². The molecule has 0 radical (unpaired) electrons. The van der Waals surface area contributed by atoms with Crippen molar-refractivity contribution in [3.05, 3.63) is 34.5 Å². The zero-order valence-corrected chi connectivity index (χ0v) is 11.5. The van der Waals surface area contributed by atoms with Crippen LogP contribution in [0, 0.1) is 6.92 Å². The lowest BCUT2D eigenvalue weighted by molar-refractivity contribution is -0.133. The van der Waals surface area contributed by atoms with E-state index in [2.05, 4.69) is 25.6 Å². The fourth-order valence-electron chi connectivity index (χ4n) is 1.60. The molecule has 2 atom stereocenters. The number of hydrogen-bond acceptors (Lipinski definition) is 3. The highest BCUT2D eigenvalue weighted by Gasteiger charge is 2.22. The Morgan fingerprint density at radius 2 is 2.29 bits per heavy atom. The van der Waals surface area contributed by atoms with Crippen molar-refractivity contribution in [1.82, 2.24) is 4.90 Å². The molecule has 0 saturated carbocycles. The van der Waals surface area contributed by atoms with Gasteiger partial charge in [-0.15, -0.1) is 17.9 Å². The molecule has 1 rings (SSSR count). The molecule has 3 nitrogen and oxygen atoms in total. The molecule has 0 aliphatic rings. The Balaban J connectivity index is 2.72. The fourth-order valence-corrected chi connectivity index (χ4v) is 2.57. The first-order valence-electron chi connectivity index (χ1n) is 5.66. The average molecular weight is 252 g/mol. The minimum Gasteiger partial charge on any atom is -0.337 e. The second-order valence-electron chi connectivity index (χ2n) is 4.20. The van der Waals surface area contributed by atoms with Gasteiger partial charge in [0.2, 0.25) is 5.91 Å². The lowest BCUT2D eigenvalue weighted by Gasteiger charge is -2.26. The van der Waals surface area contributed by atoms with Crippen LogP contribution in [-0.2, 0) is 4.79 Å². The number of carbonyl (C=O) groups excluding carboxylic acids is 1. The van der Waals surface area contributed by atoms with Gasteiger partial charge in [-0.2, -0.15) is 0 Å². The molecule has 0 spiro atoms. The van der Waals surface area contributed by atoms with Crippen molar-refractivity contribution in [2.45, 2.75) is 32.4 Å². The maximum absolute atomic E-state index is 12.0. The minimum atomic E-state index is -0.485. The SMILES string of the molecule is C=CCC(N)C(=O)N(C)C(C)c1ccc(C)s1. The average Bonchev–Trinajstić information content (AvgIpc) is 2.73. The van der Waals surface area contributed by atoms with Gasteiger partial charge in [-0.1, -0.05) is 6.08 Å². The Kier molecular flexibility index (Phi) is 4.90. The number of thiophene rings is 1. The number of nitrogens with two attached hydrogens (primary N) is 1. The Hall–Kier alpha value is -1.13. The quantitative estimate of drug-likeness (QED) is 0.818. The van der Waals surface area contributed by atoms with E-state index >= 15 is 0 Å². The lowest BCUT2D eigenvalue weighted by Crippen LogP contribution is -2.42. The van der Waals surface area contributed by atoms with Crippen LogP contribution in [0.4, 0.5) is 0 Å². The molecule has 0 aliphatic heterocycles. The molecule has 0 aliphatic carbocycles. The van der Waals surface area contributed by atoms with E-state index in [9.17, 15) is 4.79 Å². The molecule has 1 aromatic heterocycles.